The molecule has 1 saturated heterocycles. The molecular formula is C24H35N3O. The fourth-order valence-corrected chi connectivity index (χ4v) is 5.34. The summed E-state index contributed by atoms with van der Waals surface area (Å²) >= 11 is 0. The van der Waals surface area contributed by atoms with Crippen molar-refractivity contribution < 1.29 is 4.79 Å². The van der Waals surface area contributed by atoms with Gasteiger partial charge in [0, 0.05) is 31.7 Å². The van der Waals surface area contributed by atoms with Crippen LogP contribution in [0.3, 0.4) is 0 Å². The van der Waals surface area contributed by atoms with Crippen molar-refractivity contribution >= 4 is 12.0 Å². The zero-order chi connectivity index (χ0) is 19.9. The summed E-state index contributed by atoms with van der Waals surface area (Å²) in [6, 6.07) is 12.0. The molecule has 152 valence electrons. The predicted octanol–water partition coefficient (Wildman–Crippen LogP) is 3.43. The lowest BCUT2D eigenvalue weighted by Crippen LogP contribution is -2.67. The first-order valence-corrected chi connectivity index (χ1v) is 10.8. The summed E-state index contributed by atoms with van der Waals surface area (Å²) in [6.07, 6.45) is 7.38. The van der Waals surface area contributed by atoms with E-state index in [0.717, 1.165) is 32.0 Å². The van der Waals surface area contributed by atoms with E-state index in [-0.39, 0.29) is 5.91 Å². The van der Waals surface area contributed by atoms with Crippen LogP contribution < -0.4 is 11.1 Å². The Balaban J connectivity index is 1.21. The lowest BCUT2D eigenvalue weighted by molar-refractivity contribution is -0.133. The first-order valence-electron chi connectivity index (χ1n) is 10.8. The van der Waals surface area contributed by atoms with Crippen molar-refractivity contribution in [3.05, 3.63) is 41.5 Å². The number of primary amides is 1. The molecule has 4 rings (SSSR count). The Kier molecular flexibility index (Phi) is 5.13. The average molecular weight is 382 g/mol. The molecule has 4 heteroatoms. The number of carbonyl (C=O) groups excluding carboxylic acids is 1. The van der Waals surface area contributed by atoms with Crippen molar-refractivity contribution in [1.82, 2.24) is 10.2 Å². The molecule has 2 aliphatic carbocycles. The standard InChI is InChI=1S/C24H35N3O/c1-4-18(10-17-8-6-5-7-9-17)20-11-21(20)26-19-12-24(13-19)15-27(16-24)14-23(2,3)22(25)28/h5-10,19-21,26H,4,11-16H2,1-3H3,(H2,25,28)/b18-10+/t20-,21+/m1/s1. The lowest BCUT2D eigenvalue weighted by Gasteiger charge is -2.60. The highest BCUT2D eigenvalue weighted by Gasteiger charge is 2.54. The molecule has 3 fully saturated rings. The van der Waals surface area contributed by atoms with Crippen LogP contribution in [0.2, 0.25) is 0 Å². The number of nitrogens with one attached hydrogen (secondary N) is 1. The van der Waals surface area contributed by atoms with Gasteiger partial charge in [0.2, 0.25) is 5.91 Å². The quantitative estimate of drug-likeness (QED) is 0.725. The van der Waals surface area contributed by atoms with E-state index in [0.29, 0.717) is 17.5 Å². The van der Waals surface area contributed by atoms with Crippen LogP contribution in [0.15, 0.2) is 35.9 Å². The van der Waals surface area contributed by atoms with Gasteiger partial charge in [0.05, 0.1) is 5.41 Å². The van der Waals surface area contributed by atoms with Gasteiger partial charge in [-0.15, -0.1) is 0 Å². The van der Waals surface area contributed by atoms with Gasteiger partial charge in [0.15, 0.2) is 0 Å². The number of hydrogen-bond donors (Lipinski definition) is 2. The number of likely N-dealkylation sites (tertiary alicyclic amines) is 1. The van der Waals surface area contributed by atoms with E-state index in [9.17, 15) is 4.79 Å². The molecule has 1 aromatic rings. The molecule has 1 heterocycles. The van der Waals surface area contributed by atoms with E-state index in [1.165, 1.54) is 24.8 Å². The zero-order valence-electron chi connectivity index (χ0n) is 17.6. The van der Waals surface area contributed by atoms with Gasteiger partial charge in [0.1, 0.15) is 0 Å². The molecule has 28 heavy (non-hydrogen) atoms. The molecule has 2 atom stereocenters. The monoisotopic (exact) mass is 381 g/mol. The molecule has 3 aliphatic rings. The van der Waals surface area contributed by atoms with Crippen LogP contribution >= 0.6 is 0 Å². The molecule has 2 saturated carbocycles. The zero-order valence-corrected chi connectivity index (χ0v) is 17.6. The number of nitrogens with zero attached hydrogens (tertiary/aromatic N) is 1. The topological polar surface area (TPSA) is 58.4 Å². The van der Waals surface area contributed by atoms with Gasteiger partial charge < -0.3 is 16.0 Å². The second-order valence-electron chi connectivity index (χ2n) is 10.1. The van der Waals surface area contributed by atoms with Crippen molar-refractivity contribution in [2.24, 2.45) is 22.5 Å². The Morgan fingerprint density at radius 2 is 1.96 bits per heavy atom. The third-order valence-corrected chi connectivity index (χ3v) is 7.04. The Hall–Kier alpha value is -1.65. The van der Waals surface area contributed by atoms with Crippen LogP contribution in [0.1, 0.15) is 52.0 Å². The van der Waals surface area contributed by atoms with E-state index < -0.39 is 5.41 Å². The number of benzene rings is 1. The number of amides is 1. The minimum atomic E-state index is -0.425. The van der Waals surface area contributed by atoms with Gasteiger partial charge in [0.25, 0.3) is 0 Å². The maximum absolute atomic E-state index is 11.5. The molecule has 1 spiro atoms. The van der Waals surface area contributed by atoms with Crippen LogP contribution in [0, 0.1) is 16.7 Å². The highest BCUT2D eigenvalue weighted by atomic mass is 16.1. The Labute approximate surface area is 169 Å². The van der Waals surface area contributed by atoms with E-state index in [4.69, 9.17) is 5.73 Å². The maximum Gasteiger partial charge on any atom is 0.224 e. The largest absolute Gasteiger partial charge is 0.369 e. The van der Waals surface area contributed by atoms with Crippen LogP contribution in [-0.2, 0) is 4.79 Å². The highest BCUT2D eigenvalue weighted by molar-refractivity contribution is 5.80. The van der Waals surface area contributed by atoms with Gasteiger partial charge in [-0.1, -0.05) is 48.9 Å². The molecule has 0 bridgehead atoms. The van der Waals surface area contributed by atoms with Crippen molar-refractivity contribution in [3.63, 3.8) is 0 Å². The molecule has 3 N–H and O–H groups in total. The van der Waals surface area contributed by atoms with E-state index in [2.05, 4.69) is 53.5 Å². The highest BCUT2D eigenvalue weighted by Crippen LogP contribution is 2.50. The summed E-state index contributed by atoms with van der Waals surface area (Å²) in [7, 11) is 0. The van der Waals surface area contributed by atoms with Crippen LogP contribution in [0.4, 0.5) is 0 Å². The first kappa shape index (κ1) is 19.7. The SMILES string of the molecule is CC/C(=C\c1ccccc1)[C@H]1C[C@@H]1NC1CC2(C1)CN(CC(C)(C)C(N)=O)C2. The smallest absolute Gasteiger partial charge is 0.224 e. The molecule has 1 aliphatic heterocycles. The van der Waals surface area contributed by atoms with Crippen molar-refractivity contribution in [1.29, 1.82) is 0 Å². The Morgan fingerprint density at radius 1 is 1.29 bits per heavy atom. The second kappa shape index (κ2) is 7.31. The van der Waals surface area contributed by atoms with E-state index >= 15 is 0 Å². The van der Waals surface area contributed by atoms with Crippen molar-refractivity contribution in [3.8, 4) is 0 Å². The van der Waals surface area contributed by atoms with Gasteiger partial charge in [-0.25, -0.2) is 0 Å². The minimum absolute atomic E-state index is 0.198. The summed E-state index contributed by atoms with van der Waals surface area (Å²) in [5, 5.41) is 3.91. The van der Waals surface area contributed by atoms with Crippen molar-refractivity contribution in [2.45, 2.75) is 58.5 Å². The molecular weight excluding hydrogens is 346 g/mol. The van der Waals surface area contributed by atoms with Gasteiger partial charge in [-0.2, -0.15) is 0 Å². The predicted molar refractivity (Wildman–Crippen MR) is 115 cm³/mol. The van der Waals surface area contributed by atoms with E-state index in [1.54, 1.807) is 5.57 Å². The molecule has 4 nitrogen and oxygen atoms in total. The van der Waals surface area contributed by atoms with Crippen LogP contribution in [-0.4, -0.2) is 42.5 Å². The van der Waals surface area contributed by atoms with Crippen LogP contribution in [0.25, 0.3) is 6.08 Å². The van der Waals surface area contributed by atoms with Gasteiger partial charge in [-0.3, -0.25) is 4.79 Å². The normalized spacial score (nSPS) is 27.3. The summed E-state index contributed by atoms with van der Waals surface area (Å²) in [5.74, 6) is 0.521. The average Bonchev–Trinajstić information content (AvgIpc) is 3.35. The number of carbonyl (C=O) groups is 1. The van der Waals surface area contributed by atoms with Crippen LogP contribution in [0.5, 0.6) is 0 Å². The molecule has 0 aromatic heterocycles. The van der Waals surface area contributed by atoms with Crippen molar-refractivity contribution in [2.75, 3.05) is 19.6 Å². The summed E-state index contributed by atoms with van der Waals surface area (Å²) in [6.45, 7) is 9.23. The summed E-state index contributed by atoms with van der Waals surface area (Å²) < 4.78 is 0. The third kappa shape index (κ3) is 4.04. The number of rotatable bonds is 8. The summed E-state index contributed by atoms with van der Waals surface area (Å²) in [4.78, 5) is 13.9. The summed E-state index contributed by atoms with van der Waals surface area (Å²) in [5.41, 5.74) is 8.50. The molecule has 1 aromatic carbocycles. The second-order valence-corrected chi connectivity index (χ2v) is 10.1. The fourth-order valence-electron chi connectivity index (χ4n) is 5.34. The number of hydrogen-bond acceptors (Lipinski definition) is 3. The maximum atomic E-state index is 11.5. The fraction of sp³-hybridized carbons (Fsp3) is 0.625. The van der Waals surface area contributed by atoms with E-state index in [1.807, 2.05) is 13.8 Å². The third-order valence-electron chi connectivity index (χ3n) is 7.04. The number of nitrogens with two attached hydrogens (primary N) is 1. The molecule has 0 radical (unpaired) electrons. The molecule has 1 amide bonds. The first-order chi connectivity index (χ1) is 13.3. The lowest BCUT2D eigenvalue weighted by atomic mass is 9.60. The molecule has 0 unspecified atom stereocenters. The van der Waals surface area contributed by atoms with Gasteiger partial charge >= 0.3 is 0 Å². The minimum Gasteiger partial charge on any atom is -0.369 e. The Bertz CT molecular complexity index is 740. The Morgan fingerprint density at radius 3 is 2.57 bits per heavy atom. The van der Waals surface area contributed by atoms with Gasteiger partial charge in [-0.05, 0) is 56.4 Å².